The lowest BCUT2D eigenvalue weighted by molar-refractivity contribution is -0.120. The van der Waals surface area contributed by atoms with Crippen LogP contribution < -0.4 is 15.0 Å². The molecule has 0 fully saturated rings. The average Bonchev–Trinajstić information content (AvgIpc) is 3.52. The molecule has 1 aliphatic rings. The first kappa shape index (κ1) is 20.5. The summed E-state index contributed by atoms with van der Waals surface area (Å²) >= 11 is 0. The van der Waals surface area contributed by atoms with E-state index in [1.807, 2.05) is 54.7 Å². The molecule has 1 N–H and O–H groups in total. The first-order valence-corrected chi connectivity index (χ1v) is 10.4. The first-order valence-electron chi connectivity index (χ1n) is 10.4. The van der Waals surface area contributed by atoms with E-state index in [-0.39, 0.29) is 18.2 Å². The Morgan fingerprint density at radius 3 is 2.79 bits per heavy atom. The van der Waals surface area contributed by atoms with Crippen molar-refractivity contribution in [1.82, 2.24) is 20.3 Å². The lowest BCUT2D eigenvalue weighted by atomic mass is 10.1. The SMILES string of the molecule is CN1C(=O)[C@@H](NC(=O)c2cc(Cc3ccccc3)on2)COc2ccc(-n3cccn3)cc21. The molecule has 33 heavy (non-hydrogen) atoms. The standard InChI is InChI=1S/C24H21N5O4/c1-28-21-13-17(29-11-5-10-25-29)8-9-22(21)32-15-20(24(28)31)26-23(30)19-14-18(33-27-19)12-16-6-3-2-4-7-16/h2-11,13-14,20H,12,15H2,1H3,(H,26,30)/t20-/m0/s1. The summed E-state index contributed by atoms with van der Waals surface area (Å²) in [7, 11) is 1.65. The van der Waals surface area contributed by atoms with Crippen LogP contribution in [0.25, 0.3) is 5.69 Å². The minimum Gasteiger partial charge on any atom is -0.489 e. The van der Waals surface area contributed by atoms with Crippen molar-refractivity contribution in [2.24, 2.45) is 0 Å². The number of nitrogens with zero attached hydrogens (tertiary/aromatic N) is 4. The van der Waals surface area contributed by atoms with E-state index in [9.17, 15) is 9.59 Å². The summed E-state index contributed by atoms with van der Waals surface area (Å²) in [5, 5.41) is 10.8. The minimum atomic E-state index is -0.877. The van der Waals surface area contributed by atoms with Gasteiger partial charge in [-0.15, -0.1) is 0 Å². The van der Waals surface area contributed by atoms with Crippen LogP contribution in [0.15, 0.2) is 77.6 Å². The maximum absolute atomic E-state index is 13.1. The van der Waals surface area contributed by atoms with E-state index in [2.05, 4.69) is 15.6 Å². The van der Waals surface area contributed by atoms with Crippen molar-refractivity contribution in [1.29, 1.82) is 0 Å². The van der Waals surface area contributed by atoms with Crippen LogP contribution in [-0.4, -0.2) is 46.4 Å². The molecule has 5 rings (SSSR count). The van der Waals surface area contributed by atoms with Crippen LogP contribution in [0.4, 0.5) is 5.69 Å². The van der Waals surface area contributed by atoms with Crippen molar-refractivity contribution >= 4 is 17.5 Å². The molecule has 0 saturated heterocycles. The molecule has 2 amide bonds. The van der Waals surface area contributed by atoms with Crippen LogP contribution in [0.2, 0.25) is 0 Å². The third-order valence-corrected chi connectivity index (χ3v) is 5.43. The second-order valence-corrected chi connectivity index (χ2v) is 7.68. The van der Waals surface area contributed by atoms with Gasteiger partial charge >= 0.3 is 0 Å². The van der Waals surface area contributed by atoms with Crippen molar-refractivity contribution in [2.75, 3.05) is 18.6 Å². The zero-order valence-corrected chi connectivity index (χ0v) is 17.8. The van der Waals surface area contributed by atoms with Crippen LogP contribution in [0, 0.1) is 0 Å². The highest BCUT2D eigenvalue weighted by Crippen LogP contribution is 2.32. The summed E-state index contributed by atoms with van der Waals surface area (Å²) < 4.78 is 12.8. The number of carbonyl (C=O) groups excluding carboxylic acids is 2. The van der Waals surface area contributed by atoms with Gasteiger partial charge in [-0.1, -0.05) is 35.5 Å². The number of carbonyl (C=O) groups is 2. The van der Waals surface area contributed by atoms with Gasteiger partial charge in [0.25, 0.3) is 11.8 Å². The molecule has 0 saturated carbocycles. The summed E-state index contributed by atoms with van der Waals surface area (Å²) in [6, 6.07) is 17.7. The summed E-state index contributed by atoms with van der Waals surface area (Å²) in [6.07, 6.45) is 4.01. The minimum absolute atomic E-state index is 0.00223. The van der Waals surface area contributed by atoms with Gasteiger partial charge in [0.15, 0.2) is 5.69 Å². The highest BCUT2D eigenvalue weighted by Gasteiger charge is 2.31. The number of aromatic nitrogens is 3. The normalized spacial score (nSPS) is 15.5. The van der Waals surface area contributed by atoms with Crippen molar-refractivity contribution < 1.29 is 18.8 Å². The molecule has 2 aromatic carbocycles. The Morgan fingerprint density at radius 1 is 1.15 bits per heavy atom. The summed E-state index contributed by atoms with van der Waals surface area (Å²) in [5.74, 6) is 0.305. The molecule has 0 radical (unpaired) electrons. The fourth-order valence-corrected chi connectivity index (χ4v) is 3.69. The predicted molar refractivity (Wildman–Crippen MR) is 119 cm³/mol. The molecule has 0 bridgehead atoms. The number of rotatable bonds is 5. The van der Waals surface area contributed by atoms with E-state index in [1.165, 1.54) is 4.90 Å². The van der Waals surface area contributed by atoms with Crippen LogP contribution in [0.1, 0.15) is 21.8 Å². The molecule has 0 unspecified atom stereocenters. The number of anilines is 1. The van der Waals surface area contributed by atoms with E-state index in [0.717, 1.165) is 11.3 Å². The summed E-state index contributed by atoms with van der Waals surface area (Å²) in [4.78, 5) is 27.3. The zero-order chi connectivity index (χ0) is 22.8. The highest BCUT2D eigenvalue weighted by atomic mass is 16.5. The molecule has 1 aliphatic heterocycles. The maximum Gasteiger partial charge on any atom is 0.274 e. The van der Waals surface area contributed by atoms with Gasteiger partial charge in [0.05, 0.1) is 11.4 Å². The third kappa shape index (κ3) is 4.20. The number of nitrogens with one attached hydrogen (secondary N) is 1. The lowest BCUT2D eigenvalue weighted by Gasteiger charge is -2.20. The lowest BCUT2D eigenvalue weighted by Crippen LogP contribution is -2.49. The third-order valence-electron chi connectivity index (χ3n) is 5.43. The largest absolute Gasteiger partial charge is 0.489 e. The molecule has 1 atom stereocenters. The van der Waals surface area contributed by atoms with Gasteiger partial charge in [-0.3, -0.25) is 9.59 Å². The molecule has 3 heterocycles. The Balaban J connectivity index is 1.29. The second-order valence-electron chi connectivity index (χ2n) is 7.68. The molecule has 4 aromatic rings. The average molecular weight is 443 g/mol. The van der Waals surface area contributed by atoms with Gasteiger partial charge in [0.1, 0.15) is 24.2 Å². The first-order chi connectivity index (χ1) is 16.1. The van der Waals surface area contributed by atoms with Crippen LogP contribution in [0.3, 0.4) is 0 Å². The van der Waals surface area contributed by atoms with Crippen molar-refractivity contribution in [2.45, 2.75) is 12.5 Å². The quantitative estimate of drug-likeness (QED) is 0.509. The van der Waals surface area contributed by atoms with E-state index in [4.69, 9.17) is 9.26 Å². The fraction of sp³-hybridized carbons (Fsp3) is 0.167. The van der Waals surface area contributed by atoms with Crippen molar-refractivity contribution in [3.05, 3.63) is 90.1 Å². The fourth-order valence-electron chi connectivity index (χ4n) is 3.69. The monoisotopic (exact) mass is 443 g/mol. The van der Waals surface area contributed by atoms with Crippen molar-refractivity contribution in [3.8, 4) is 11.4 Å². The molecule has 166 valence electrons. The molecular weight excluding hydrogens is 422 g/mol. The van der Waals surface area contributed by atoms with Gasteiger partial charge in [0.2, 0.25) is 0 Å². The van der Waals surface area contributed by atoms with Crippen LogP contribution in [-0.2, 0) is 11.2 Å². The molecule has 2 aromatic heterocycles. The van der Waals surface area contributed by atoms with E-state index >= 15 is 0 Å². The van der Waals surface area contributed by atoms with E-state index in [1.54, 1.807) is 30.1 Å². The number of hydrogen-bond acceptors (Lipinski definition) is 6. The number of amides is 2. The number of hydrogen-bond donors (Lipinski definition) is 1. The molecule has 9 heteroatoms. The Kier molecular flexibility index (Phi) is 5.35. The topological polar surface area (TPSA) is 102 Å². The number of benzene rings is 2. The smallest absolute Gasteiger partial charge is 0.274 e. The van der Waals surface area contributed by atoms with Gasteiger partial charge in [-0.2, -0.15) is 5.10 Å². The van der Waals surface area contributed by atoms with Crippen LogP contribution >= 0.6 is 0 Å². The van der Waals surface area contributed by atoms with Gasteiger partial charge in [0, 0.05) is 31.9 Å². The maximum atomic E-state index is 13.1. The van der Waals surface area contributed by atoms with Gasteiger partial charge < -0.3 is 19.5 Å². The highest BCUT2D eigenvalue weighted by molar-refractivity contribution is 6.03. The molecule has 9 nitrogen and oxygen atoms in total. The molecule has 0 spiro atoms. The molecular formula is C24H21N5O4. The number of ether oxygens (including phenoxy) is 1. The predicted octanol–water partition coefficient (Wildman–Crippen LogP) is 2.60. The van der Waals surface area contributed by atoms with E-state index in [0.29, 0.717) is 23.6 Å². The number of fused-ring (bicyclic) bond motifs is 1. The Morgan fingerprint density at radius 2 is 2.00 bits per heavy atom. The molecule has 0 aliphatic carbocycles. The summed E-state index contributed by atoms with van der Waals surface area (Å²) in [6.45, 7) is -0.00223. The Labute approximate surface area is 189 Å². The summed E-state index contributed by atoms with van der Waals surface area (Å²) in [5.41, 5.74) is 2.54. The van der Waals surface area contributed by atoms with Crippen LogP contribution in [0.5, 0.6) is 5.75 Å². The van der Waals surface area contributed by atoms with E-state index < -0.39 is 11.9 Å². The van der Waals surface area contributed by atoms with Crippen molar-refractivity contribution in [3.63, 3.8) is 0 Å². The second kappa shape index (κ2) is 8.62. The Hall–Kier alpha value is -4.40. The zero-order valence-electron chi connectivity index (χ0n) is 17.8. The van der Waals surface area contributed by atoms with Gasteiger partial charge in [-0.05, 0) is 29.8 Å². The van der Waals surface area contributed by atoms with Gasteiger partial charge in [-0.25, -0.2) is 4.68 Å². The number of likely N-dealkylation sites (N-methyl/N-ethyl adjacent to an activating group) is 1. The Bertz CT molecular complexity index is 1280.